The molecule has 8 heteroatoms. The van der Waals surface area contributed by atoms with Gasteiger partial charge < -0.3 is 11.1 Å². The van der Waals surface area contributed by atoms with Crippen LogP contribution in [0.3, 0.4) is 0 Å². The molecule has 22 heavy (non-hydrogen) atoms. The van der Waals surface area contributed by atoms with Gasteiger partial charge in [0.25, 0.3) is 10.0 Å². The monoisotopic (exact) mass is 324 g/mol. The molecule has 4 N–H and O–H groups in total. The summed E-state index contributed by atoms with van der Waals surface area (Å²) < 4.78 is 26.3. The van der Waals surface area contributed by atoms with E-state index in [1.807, 2.05) is 6.92 Å². The van der Waals surface area contributed by atoms with E-state index in [1.54, 1.807) is 25.1 Å². The van der Waals surface area contributed by atoms with Crippen LogP contribution in [0.5, 0.6) is 0 Å². The van der Waals surface area contributed by atoms with Gasteiger partial charge in [-0.15, -0.1) is 0 Å². The molecule has 1 aromatic carbocycles. The molecule has 0 spiro atoms. The Labute approximate surface area is 130 Å². The van der Waals surface area contributed by atoms with E-state index < -0.39 is 16.1 Å². The number of nitrogens with zero attached hydrogens (tertiary/aromatic N) is 1. The Morgan fingerprint density at radius 3 is 2.73 bits per heavy atom. The Balaban J connectivity index is 2.12. The molecule has 1 amide bonds. The Morgan fingerprint density at radius 1 is 1.36 bits per heavy atom. The van der Waals surface area contributed by atoms with Crippen molar-refractivity contribution in [2.45, 2.75) is 37.2 Å². The fourth-order valence-electron chi connectivity index (χ4n) is 2.05. The summed E-state index contributed by atoms with van der Waals surface area (Å²) >= 11 is 0. The number of sulfonamides is 1. The highest BCUT2D eigenvalue weighted by Gasteiger charge is 2.31. The maximum Gasteiger partial charge on any atom is 0.263 e. The zero-order valence-electron chi connectivity index (χ0n) is 12.5. The van der Waals surface area contributed by atoms with E-state index in [9.17, 15) is 13.2 Å². The lowest BCUT2D eigenvalue weighted by Gasteiger charge is -2.10. The highest BCUT2D eigenvalue weighted by molar-refractivity contribution is 7.90. The van der Waals surface area contributed by atoms with E-state index in [0.717, 1.165) is 0 Å². The van der Waals surface area contributed by atoms with Crippen molar-refractivity contribution >= 4 is 21.8 Å². The summed E-state index contributed by atoms with van der Waals surface area (Å²) in [5, 5.41) is 2.73. The molecule has 2 unspecified atom stereocenters. The molecule has 1 heterocycles. The summed E-state index contributed by atoms with van der Waals surface area (Å²) in [5.41, 5.74) is 6.10. The third kappa shape index (κ3) is 3.63. The fourth-order valence-corrected chi connectivity index (χ4v) is 3.29. The molecule has 2 atom stereocenters. The summed E-state index contributed by atoms with van der Waals surface area (Å²) in [4.78, 5) is 16.3. The van der Waals surface area contributed by atoms with E-state index in [-0.39, 0.29) is 22.7 Å². The maximum absolute atomic E-state index is 12.0. The normalized spacial score (nSPS) is 20.0. The first-order valence-electron chi connectivity index (χ1n) is 7.04. The molecule has 1 aliphatic heterocycles. The quantitative estimate of drug-likeness (QED) is 0.705. The highest BCUT2D eigenvalue weighted by atomic mass is 32.2. The van der Waals surface area contributed by atoms with Crippen molar-refractivity contribution in [3.05, 3.63) is 29.8 Å². The molecule has 0 aliphatic carbocycles. The summed E-state index contributed by atoms with van der Waals surface area (Å²) in [5.74, 6) is -0.0674. The topological polar surface area (TPSA) is 114 Å². The molecule has 1 aromatic rings. The Hall–Kier alpha value is -1.93. The lowest BCUT2D eigenvalue weighted by atomic mass is 10.2. The number of carbonyl (C=O) groups excluding carboxylic acids is 1. The van der Waals surface area contributed by atoms with E-state index in [2.05, 4.69) is 15.0 Å². The first-order valence-corrected chi connectivity index (χ1v) is 8.53. The first kappa shape index (κ1) is 16.4. The van der Waals surface area contributed by atoms with Crippen molar-refractivity contribution < 1.29 is 13.2 Å². The van der Waals surface area contributed by atoms with E-state index in [4.69, 9.17) is 5.73 Å². The molecule has 0 saturated carbocycles. The summed E-state index contributed by atoms with van der Waals surface area (Å²) in [6.07, 6.45) is 0.671. The second kappa shape index (κ2) is 6.45. The smallest absolute Gasteiger partial charge is 0.263 e. The summed E-state index contributed by atoms with van der Waals surface area (Å²) in [6.45, 7) is 3.94. The van der Waals surface area contributed by atoms with Crippen LogP contribution in [0.1, 0.15) is 25.8 Å². The fraction of sp³-hybridized carbons (Fsp3) is 0.429. The van der Waals surface area contributed by atoms with Crippen LogP contribution in [0, 0.1) is 0 Å². The number of benzene rings is 1. The van der Waals surface area contributed by atoms with Crippen molar-refractivity contribution in [1.29, 1.82) is 0 Å². The third-order valence-electron chi connectivity index (χ3n) is 3.26. The number of aliphatic imine (C=N–C) groups is 1. The Kier molecular flexibility index (Phi) is 4.82. The number of amidine groups is 1. The third-order valence-corrected chi connectivity index (χ3v) is 4.66. The van der Waals surface area contributed by atoms with Gasteiger partial charge in [0.2, 0.25) is 5.91 Å². The second-order valence-electron chi connectivity index (χ2n) is 5.31. The average molecular weight is 324 g/mol. The first-order chi connectivity index (χ1) is 10.3. The van der Waals surface area contributed by atoms with Gasteiger partial charge in [0.1, 0.15) is 11.9 Å². The number of fused-ring (bicyclic) bond motifs is 1. The van der Waals surface area contributed by atoms with Gasteiger partial charge in [-0.05, 0) is 32.4 Å². The van der Waals surface area contributed by atoms with Gasteiger partial charge in [0.15, 0.2) is 0 Å². The molecule has 0 saturated heterocycles. The van der Waals surface area contributed by atoms with Gasteiger partial charge in [-0.3, -0.25) is 14.5 Å². The standard InChI is InChI=1S/C14H20N4O3S/c1-9(15)7-8-16-14(19)10(2)17-13-11-5-3-4-6-12(11)22(20,21)18-13/h3-6,9-10H,7-8,15H2,1-2H3,(H,16,19)(H,17,18). The molecule has 0 bridgehead atoms. The predicted molar refractivity (Wildman–Crippen MR) is 84.0 cm³/mol. The van der Waals surface area contributed by atoms with Crippen molar-refractivity contribution in [3.8, 4) is 0 Å². The maximum atomic E-state index is 12.0. The zero-order valence-corrected chi connectivity index (χ0v) is 13.4. The van der Waals surface area contributed by atoms with Gasteiger partial charge in [0, 0.05) is 18.2 Å². The minimum atomic E-state index is -3.58. The number of hydrogen-bond donors (Lipinski definition) is 3. The number of rotatable bonds is 5. The number of amides is 1. The molecule has 2 rings (SSSR count). The number of nitrogens with one attached hydrogen (secondary N) is 2. The number of carbonyl (C=O) groups is 1. The van der Waals surface area contributed by atoms with Crippen LogP contribution < -0.4 is 15.8 Å². The van der Waals surface area contributed by atoms with Crippen LogP contribution in [0.4, 0.5) is 0 Å². The van der Waals surface area contributed by atoms with Crippen LogP contribution in [-0.2, 0) is 14.8 Å². The van der Waals surface area contributed by atoms with Gasteiger partial charge >= 0.3 is 0 Å². The van der Waals surface area contributed by atoms with Crippen LogP contribution in [0.2, 0.25) is 0 Å². The predicted octanol–water partition coefficient (Wildman–Crippen LogP) is -0.0329. The summed E-state index contributed by atoms with van der Waals surface area (Å²) in [7, 11) is -3.58. The van der Waals surface area contributed by atoms with Crippen molar-refractivity contribution in [2.24, 2.45) is 10.7 Å². The SMILES string of the molecule is CC(N)CCNC(=O)C(C)N=C1NS(=O)(=O)c2ccccc21. The average Bonchev–Trinajstić information content (AvgIpc) is 2.70. The summed E-state index contributed by atoms with van der Waals surface area (Å²) in [6, 6.07) is 5.85. The van der Waals surface area contributed by atoms with Gasteiger partial charge in [-0.25, -0.2) is 8.42 Å². The molecular weight excluding hydrogens is 304 g/mol. The van der Waals surface area contributed by atoms with Crippen molar-refractivity contribution in [1.82, 2.24) is 10.0 Å². The Bertz CT molecular complexity index is 698. The number of hydrogen-bond acceptors (Lipinski definition) is 5. The largest absolute Gasteiger partial charge is 0.354 e. The molecule has 0 radical (unpaired) electrons. The van der Waals surface area contributed by atoms with Crippen LogP contribution in [-0.4, -0.2) is 38.8 Å². The highest BCUT2D eigenvalue weighted by Crippen LogP contribution is 2.22. The van der Waals surface area contributed by atoms with Crippen LogP contribution >= 0.6 is 0 Å². The molecular formula is C14H20N4O3S. The Morgan fingerprint density at radius 2 is 2.05 bits per heavy atom. The van der Waals surface area contributed by atoms with Crippen LogP contribution in [0.25, 0.3) is 0 Å². The van der Waals surface area contributed by atoms with E-state index in [0.29, 0.717) is 18.5 Å². The van der Waals surface area contributed by atoms with Crippen molar-refractivity contribution in [3.63, 3.8) is 0 Å². The minimum absolute atomic E-state index is 0.00967. The zero-order chi connectivity index (χ0) is 16.3. The second-order valence-corrected chi connectivity index (χ2v) is 6.96. The lowest BCUT2D eigenvalue weighted by Crippen LogP contribution is -2.36. The molecule has 120 valence electrons. The van der Waals surface area contributed by atoms with Crippen LogP contribution in [0.15, 0.2) is 34.2 Å². The molecule has 0 fully saturated rings. The molecule has 0 aromatic heterocycles. The van der Waals surface area contributed by atoms with Crippen molar-refractivity contribution in [2.75, 3.05) is 6.54 Å². The molecule has 7 nitrogen and oxygen atoms in total. The number of nitrogens with two attached hydrogens (primary N) is 1. The van der Waals surface area contributed by atoms with Gasteiger partial charge in [-0.1, -0.05) is 12.1 Å². The van der Waals surface area contributed by atoms with Gasteiger partial charge in [0.05, 0.1) is 4.90 Å². The van der Waals surface area contributed by atoms with E-state index >= 15 is 0 Å². The molecule has 1 aliphatic rings. The van der Waals surface area contributed by atoms with E-state index in [1.165, 1.54) is 6.07 Å². The minimum Gasteiger partial charge on any atom is -0.354 e. The van der Waals surface area contributed by atoms with Gasteiger partial charge in [-0.2, -0.15) is 0 Å². The lowest BCUT2D eigenvalue weighted by molar-refractivity contribution is -0.121.